The first-order valence-electron chi connectivity index (χ1n) is 17.7. The molecule has 1 heterocycles. The van der Waals surface area contributed by atoms with Gasteiger partial charge >= 0.3 is 0 Å². The van der Waals surface area contributed by atoms with Crippen LogP contribution in [0.5, 0.6) is 0 Å². The maximum absolute atomic E-state index is 5.08. The molecule has 9 aromatic rings. The Balaban J connectivity index is 1.17. The highest BCUT2D eigenvalue weighted by Gasteiger charge is 2.40. The summed E-state index contributed by atoms with van der Waals surface area (Å²) in [7, 11) is 0. The van der Waals surface area contributed by atoms with Crippen LogP contribution in [0.1, 0.15) is 25.0 Å². The van der Waals surface area contributed by atoms with Gasteiger partial charge in [-0.25, -0.2) is 9.97 Å². The molecule has 1 aliphatic rings. The molecule has 0 saturated heterocycles. The lowest BCUT2D eigenvalue weighted by Gasteiger charge is -2.25. The van der Waals surface area contributed by atoms with E-state index in [0.717, 1.165) is 33.9 Å². The van der Waals surface area contributed by atoms with E-state index in [9.17, 15) is 0 Å². The summed E-state index contributed by atoms with van der Waals surface area (Å²) in [4.78, 5) is 10.1. The molecule has 2 heteroatoms. The van der Waals surface area contributed by atoms with Crippen LogP contribution < -0.4 is 0 Å². The molecular weight excluding hydrogens is 617 g/mol. The quantitative estimate of drug-likeness (QED) is 0.177. The molecule has 51 heavy (non-hydrogen) atoms. The zero-order valence-corrected chi connectivity index (χ0v) is 28.6. The second-order valence-electron chi connectivity index (χ2n) is 14.1. The van der Waals surface area contributed by atoms with E-state index >= 15 is 0 Å². The second kappa shape index (κ2) is 11.3. The normalized spacial score (nSPS) is 13.1. The van der Waals surface area contributed by atoms with E-state index < -0.39 is 0 Å². The van der Waals surface area contributed by atoms with Crippen molar-refractivity contribution in [3.63, 3.8) is 0 Å². The Morgan fingerprint density at radius 1 is 0.353 bits per heavy atom. The minimum atomic E-state index is -0.170. The maximum atomic E-state index is 5.08. The highest BCUT2D eigenvalue weighted by molar-refractivity contribution is 6.20. The van der Waals surface area contributed by atoms with Gasteiger partial charge in [-0.15, -0.1) is 0 Å². The van der Waals surface area contributed by atoms with E-state index in [0.29, 0.717) is 0 Å². The first kappa shape index (κ1) is 29.5. The van der Waals surface area contributed by atoms with Gasteiger partial charge in [0.15, 0.2) is 5.82 Å². The van der Waals surface area contributed by atoms with Gasteiger partial charge in [0.25, 0.3) is 0 Å². The van der Waals surface area contributed by atoms with Gasteiger partial charge in [-0.1, -0.05) is 172 Å². The molecule has 1 aromatic heterocycles. The zero-order chi connectivity index (χ0) is 34.1. The third kappa shape index (κ3) is 4.57. The monoisotopic (exact) mass is 650 g/mol. The van der Waals surface area contributed by atoms with Crippen LogP contribution >= 0.6 is 0 Å². The van der Waals surface area contributed by atoms with Crippen LogP contribution in [0.25, 0.3) is 88.5 Å². The molecule has 0 unspecified atom stereocenters. The molecule has 0 bridgehead atoms. The third-order valence-corrected chi connectivity index (χ3v) is 10.8. The summed E-state index contributed by atoms with van der Waals surface area (Å²) in [6.45, 7) is 4.82. The summed E-state index contributed by atoms with van der Waals surface area (Å²) >= 11 is 0. The first-order chi connectivity index (χ1) is 25.1. The molecule has 0 radical (unpaired) electrons. The first-order valence-corrected chi connectivity index (χ1v) is 17.7. The van der Waals surface area contributed by atoms with Gasteiger partial charge in [0.1, 0.15) is 0 Å². The van der Waals surface area contributed by atoms with Gasteiger partial charge in [-0.3, -0.25) is 0 Å². The molecule has 0 saturated carbocycles. The summed E-state index contributed by atoms with van der Waals surface area (Å²) < 4.78 is 0. The Morgan fingerprint density at radius 2 is 0.804 bits per heavy atom. The molecule has 1 aliphatic carbocycles. The molecule has 0 N–H and O–H groups in total. The van der Waals surface area contributed by atoms with Crippen molar-refractivity contribution in [1.82, 2.24) is 9.97 Å². The summed E-state index contributed by atoms with van der Waals surface area (Å²) in [6.07, 6.45) is 0. The van der Waals surface area contributed by atoms with E-state index in [4.69, 9.17) is 9.97 Å². The summed E-state index contributed by atoms with van der Waals surface area (Å²) in [6, 6.07) is 61.0. The lowest BCUT2D eigenvalue weighted by atomic mass is 9.77. The molecule has 10 rings (SSSR count). The number of hydrogen-bond donors (Lipinski definition) is 0. The fraction of sp³-hybridized carbons (Fsp3) is 0.0612. The van der Waals surface area contributed by atoms with Crippen LogP contribution in [-0.2, 0) is 5.41 Å². The number of aromatic nitrogens is 2. The molecule has 240 valence electrons. The van der Waals surface area contributed by atoms with Crippen molar-refractivity contribution in [2.75, 3.05) is 0 Å². The number of nitrogens with zero attached hydrogens (tertiary/aromatic N) is 2. The van der Waals surface area contributed by atoms with Crippen LogP contribution in [0.2, 0.25) is 0 Å². The van der Waals surface area contributed by atoms with Crippen molar-refractivity contribution < 1.29 is 0 Å². The lowest BCUT2D eigenvalue weighted by molar-refractivity contribution is 0.672. The zero-order valence-electron chi connectivity index (χ0n) is 28.6. The topological polar surface area (TPSA) is 25.8 Å². The highest BCUT2D eigenvalue weighted by Crippen LogP contribution is 2.57. The predicted octanol–water partition coefficient (Wildman–Crippen LogP) is 12.9. The molecule has 0 amide bonds. The van der Waals surface area contributed by atoms with Crippen molar-refractivity contribution in [3.05, 3.63) is 181 Å². The molecule has 0 spiro atoms. The lowest BCUT2D eigenvalue weighted by Crippen LogP contribution is -2.16. The Morgan fingerprint density at radius 3 is 1.43 bits per heavy atom. The summed E-state index contributed by atoms with van der Waals surface area (Å²) in [5.41, 5.74) is 12.8. The molecule has 8 aromatic carbocycles. The molecule has 0 atom stereocenters. The summed E-state index contributed by atoms with van der Waals surface area (Å²) in [5, 5.41) is 7.89. The average Bonchev–Trinajstić information content (AvgIpc) is 3.45. The van der Waals surface area contributed by atoms with Crippen LogP contribution in [0, 0.1) is 0 Å². The second-order valence-corrected chi connectivity index (χ2v) is 14.1. The predicted molar refractivity (Wildman–Crippen MR) is 214 cm³/mol. The van der Waals surface area contributed by atoms with Crippen LogP contribution in [0.3, 0.4) is 0 Å². The highest BCUT2D eigenvalue weighted by atomic mass is 14.9. The van der Waals surface area contributed by atoms with Crippen molar-refractivity contribution in [2.45, 2.75) is 19.3 Å². The van der Waals surface area contributed by atoms with Crippen molar-refractivity contribution in [1.29, 1.82) is 0 Å². The van der Waals surface area contributed by atoms with Gasteiger partial charge < -0.3 is 0 Å². The van der Waals surface area contributed by atoms with E-state index in [1.165, 1.54) is 65.7 Å². The Hall–Kier alpha value is -6.38. The van der Waals surface area contributed by atoms with Gasteiger partial charge in [0, 0.05) is 22.1 Å². The minimum Gasteiger partial charge on any atom is -0.228 e. The van der Waals surface area contributed by atoms with Gasteiger partial charge in [-0.05, 0) is 77.8 Å². The van der Waals surface area contributed by atoms with Gasteiger partial charge in [0.2, 0.25) is 0 Å². The fourth-order valence-electron chi connectivity index (χ4n) is 8.57. The maximum Gasteiger partial charge on any atom is 0.160 e. The van der Waals surface area contributed by atoms with Crippen LogP contribution in [0.4, 0.5) is 0 Å². The van der Waals surface area contributed by atoms with Gasteiger partial charge in [-0.2, -0.15) is 0 Å². The van der Waals surface area contributed by atoms with Crippen molar-refractivity contribution in [2.24, 2.45) is 0 Å². The smallest absolute Gasteiger partial charge is 0.160 e. The fourth-order valence-corrected chi connectivity index (χ4v) is 8.57. The number of hydrogen-bond acceptors (Lipinski definition) is 2. The van der Waals surface area contributed by atoms with Crippen molar-refractivity contribution >= 4 is 32.3 Å². The SMILES string of the molecule is CC1(C)c2c(cc(-c3ccc(-c4cc(-c5ccccc5)nc(-c5ccccc5)n4)cc3)c3ccccc23)-c2c1c1ccccc1c1ccccc21. The molecule has 0 fully saturated rings. The van der Waals surface area contributed by atoms with Gasteiger partial charge in [0.05, 0.1) is 11.4 Å². The molecular formula is C49H34N2. The van der Waals surface area contributed by atoms with E-state index in [2.05, 4.69) is 159 Å². The molecule has 2 nitrogen and oxygen atoms in total. The Bertz CT molecular complexity index is 2740. The Labute approximate surface area is 297 Å². The van der Waals surface area contributed by atoms with E-state index in [-0.39, 0.29) is 5.41 Å². The van der Waals surface area contributed by atoms with Crippen LogP contribution in [0.15, 0.2) is 170 Å². The standard InChI is InChI=1S/C49H34N2/c1-49(2)46-39-23-13-11-21-37(39)41(29-42(46)45-38-22-12-9-19-35(38)36-20-10-14-24-40(36)47(45)49)31-25-27-33(28-26-31)44-30-43(32-15-5-3-6-16-32)50-48(51-44)34-17-7-4-8-18-34/h3-30H,1-2H3. The van der Waals surface area contributed by atoms with Crippen molar-refractivity contribution in [3.8, 4) is 56.2 Å². The minimum absolute atomic E-state index is 0.170. The third-order valence-electron chi connectivity index (χ3n) is 10.8. The largest absolute Gasteiger partial charge is 0.228 e. The molecule has 0 aliphatic heterocycles. The van der Waals surface area contributed by atoms with E-state index in [1.807, 2.05) is 24.3 Å². The number of fused-ring (bicyclic) bond motifs is 10. The number of benzene rings is 8. The van der Waals surface area contributed by atoms with E-state index in [1.54, 1.807) is 0 Å². The average molecular weight is 651 g/mol. The number of rotatable bonds is 4. The summed E-state index contributed by atoms with van der Waals surface area (Å²) in [5.74, 6) is 0.724. The van der Waals surface area contributed by atoms with Crippen LogP contribution in [-0.4, -0.2) is 9.97 Å². The Kier molecular flexibility index (Phi) is 6.56.